The van der Waals surface area contributed by atoms with Gasteiger partial charge in [0, 0.05) is 42.0 Å². The number of amides is 1. The van der Waals surface area contributed by atoms with E-state index in [0.29, 0.717) is 6.54 Å². The van der Waals surface area contributed by atoms with Gasteiger partial charge in [0.25, 0.3) is 0 Å². The minimum Gasteiger partial charge on any atom is -0.332 e. The zero-order valence-corrected chi connectivity index (χ0v) is 20.0. The molecule has 3 rings (SSSR count). The van der Waals surface area contributed by atoms with Crippen LogP contribution in [0.15, 0.2) is 72.9 Å². The summed E-state index contributed by atoms with van der Waals surface area (Å²) in [7, 11) is 0. The van der Waals surface area contributed by atoms with E-state index in [0.717, 1.165) is 45.6 Å². The Morgan fingerprint density at radius 3 is 2.67 bits per heavy atom. The average molecular weight is 442 g/mol. The third kappa shape index (κ3) is 6.59. The van der Waals surface area contributed by atoms with Gasteiger partial charge >= 0.3 is 6.03 Å². The van der Waals surface area contributed by atoms with Crippen LogP contribution >= 0.6 is 0 Å². The molecule has 0 saturated heterocycles. The van der Waals surface area contributed by atoms with E-state index < -0.39 is 0 Å². The van der Waals surface area contributed by atoms with E-state index in [2.05, 4.69) is 39.5 Å². The highest BCUT2D eigenvalue weighted by Gasteiger charge is 2.10. The molecule has 0 aliphatic rings. The van der Waals surface area contributed by atoms with Gasteiger partial charge < -0.3 is 5.32 Å². The molecular formula is C27H31N5O. The largest absolute Gasteiger partial charge is 0.342 e. The normalized spacial score (nSPS) is 11.6. The highest BCUT2D eigenvalue weighted by molar-refractivity contribution is 5.79. The molecule has 3 heterocycles. The first-order valence-electron chi connectivity index (χ1n) is 11.1. The number of allylic oxidation sites excluding steroid dienone is 6. The first-order chi connectivity index (χ1) is 15.9. The molecule has 3 aromatic rings. The molecule has 0 fully saturated rings. The number of hydrogen-bond acceptors (Lipinski definition) is 4. The van der Waals surface area contributed by atoms with Gasteiger partial charge in [0.05, 0.1) is 11.9 Å². The average Bonchev–Trinajstić information content (AvgIpc) is 3.27. The van der Waals surface area contributed by atoms with Crippen molar-refractivity contribution in [2.45, 2.75) is 47.6 Å². The highest BCUT2D eigenvalue weighted by Crippen LogP contribution is 2.22. The fourth-order valence-electron chi connectivity index (χ4n) is 3.41. The zero-order chi connectivity index (χ0) is 23.8. The highest BCUT2D eigenvalue weighted by atomic mass is 16.2. The monoisotopic (exact) mass is 441 g/mol. The molecule has 0 spiro atoms. The number of hydrogen-bond donors (Lipinski definition) is 1. The lowest BCUT2D eigenvalue weighted by Crippen LogP contribution is -2.28. The molecule has 0 atom stereocenters. The second-order valence-electron chi connectivity index (χ2n) is 8.21. The van der Waals surface area contributed by atoms with Crippen LogP contribution in [0.2, 0.25) is 0 Å². The topological polar surface area (TPSA) is 72.7 Å². The summed E-state index contributed by atoms with van der Waals surface area (Å²) < 4.78 is 1.33. The number of pyridine rings is 2. The number of nitrogens with one attached hydrogen (secondary N) is 1. The zero-order valence-electron chi connectivity index (χ0n) is 20.0. The summed E-state index contributed by atoms with van der Waals surface area (Å²) in [6.07, 6.45) is 16.2. The molecule has 1 N–H and O–H groups in total. The molecule has 33 heavy (non-hydrogen) atoms. The second-order valence-corrected chi connectivity index (χ2v) is 8.21. The van der Waals surface area contributed by atoms with Crippen LogP contribution in [0.25, 0.3) is 16.8 Å². The van der Waals surface area contributed by atoms with Crippen molar-refractivity contribution >= 4 is 11.6 Å². The molecule has 0 saturated carbocycles. The van der Waals surface area contributed by atoms with E-state index in [1.54, 1.807) is 24.8 Å². The third-order valence-electron chi connectivity index (χ3n) is 4.96. The molecule has 0 aromatic carbocycles. The Bertz CT molecular complexity index is 1210. The van der Waals surface area contributed by atoms with E-state index in [9.17, 15) is 4.79 Å². The fourth-order valence-corrected chi connectivity index (χ4v) is 3.41. The Labute approximate surface area is 195 Å². The van der Waals surface area contributed by atoms with Crippen molar-refractivity contribution in [2.75, 3.05) is 0 Å². The maximum Gasteiger partial charge on any atom is 0.342 e. The van der Waals surface area contributed by atoms with Gasteiger partial charge in [-0.3, -0.25) is 9.97 Å². The van der Waals surface area contributed by atoms with Crippen LogP contribution in [0.4, 0.5) is 4.79 Å². The summed E-state index contributed by atoms with van der Waals surface area (Å²) in [6, 6.07) is 5.73. The number of aromatic nitrogens is 4. The van der Waals surface area contributed by atoms with E-state index in [1.807, 2.05) is 58.0 Å². The lowest BCUT2D eigenvalue weighted by molar-refractivity contribution is 0.239. The molecule has 0 aliphatic heterocycles. The van der Waals surface area contributed by atoms with Crippen molar-refractivity contribution < 1.29 is 4.79 Å². The van der Waals surface area contributed by atoms with Crippen LogP contribution in [0.5, 0.6) is 0 Å². The molecule has 6 heteroatoms. The lowest BCUT2D eigenvalue weighted by Gasteiger charge is -2.09. The van der Waals surface area contributed by atoms with Gasteiger partial charge in [0.15, 0.2) is 0 Å². The smallest absolute Gasteiger partial charge is 0.332 e. The molecule has 0 radical (unpaired) electrons. The van der Waals surface area contributed by atoms with Crippen molar-refractivity contribution in [1.29, 1.82) is 0 Å². The molecule has 170 valence electrons. The lowest BCUT2D eigenvalue weighted by atomic mass is 10.1. The molecule has 1 amide bonds. The maximum absolute atomic E-state index is 12.7. The van der Waals surface area contributed by atoms with Crippen LogP contribution in [-0.2, 0) is 6.54 Å². The molecule has 6 nitrogen and oxygen atoms in total. The second kappa shape index (κ2) is 11.2. The first-order valence-corrected chi connectivity index (χ1v) is 11.1. The Balaban J connectivity index is 1.69. The van der Waals surface area contributed by atoms with Gasteiger partial charge in [-0.2, -0.15) is 9.78 Å². The van der Waals surface area contributed by atoms with E-state index >= 15 is 0 Å². The third-order valence-corrected chi connectivity index (χ3v) is 4.96. The van der Waals surface area contributed by atoms with Crippen LogP contribution in [0, 0.1) is 13.8 Å². The Kier molecular flexibility index (Phi) is 8.08. The van der Waals surface area contributed by atoms with Gasteiger partial charge in [-0.05, 0) is 62.9 Å². The van der Waals surface area contributed by atoms with E-state index in [4.69, 9.17) is 0 Å². The number of rotatable bonds is 7. The van der Waals surface area contributed by atoms with E-state index in [1.165, 1.54) is 10.3 Å². The number of aryl methyl sites for hydroxylation is 2. The van der Waals surface area contributed by atoms with E-state index in [-0.39, 0.29) is 6.03 Å². The number of carbonyl (C=O) groups excluding carboxylic acids is 1. The van der Waals surface area contributed by atoms with Gasteiger partial charge in [-0.15, -0.1) is 0 Å². The van der Waals surface area contributed by atoms with Crippen molar-refractivity contribution in [1.82, 2.24) is 25.1 Å². The van der Waals surface area contributed by atoms with Crippen LogP contribution < -0.4 is 5.32 Å². The Hall–Kier alpha value is -3.80. The summed E-state index contributed by atoms with van der Waals surface area (Å²) in [5.41, 5.74) is 7.96. The van der Waals surface area contributed by atoms with Crippen molar-refractivity contribution in [3.63, 3.8) is 0 Å². The first kappa shape index (κ1) is 23.9. The standard InChI is InChI=1S/C27H31N5O/c1-6-7-8-9-23(12-19(2)3)25-17-31-32(18-25)27(33)30-16-22-13-20(4)26(29-15-22)24-10-11-28-21(5)14-24/h7-15,17-18H,6,16H2,1-5H3,(H,30,33)/b8-7+,23-9+. The molecular weight excluding hydrogens is 410 g/mol. The van der Waals surface area contributed by atoms with Crippen molar-refractivity contribution in [2.24, 2.45) is 0 Å². The quantitative estimate of drug-likeness (QED) is 0.454. The molecule has 0 bridgehead atoms. The van der Waals surface area contributed by atoms with Gasteiger partial charge in [0.1, 0.15) is 0 Å². The van der Waals surface area contributed by atoms with Gasteiger partial charge in [0.2, 0.25) is 0 Å². The minimum atomic E-state index is -0.284. The summed E-state index contributed by atoms with van der Waals surface area (Å²) in [6.45, 7) is 10.5. The SMILES string of the molecule is CC/C=C/C=C(\C=C(C)C)c1cnn(C(=O)NCc2cnc(-c3ccnc(C)c3)c(C)c2)c1. The summed E-state index contributed by atoms with van der Waals surface area (Å²) in [5, 5.41) is 7.17. The van der Waals surface area contributed by atoms with Crippen LogP contribution in [-0.4, -0.2) is 25.8 Å². The fraction of sp³-hybridized carbons (Fsp3) is 0.259. The minimum absolute atomic E-state index is 0.284. The van der Waals surface area contributed by atoms with Gasteiger partial charge in [-0.25, -0.2) is 4.79 Å². The molecule has 0 unspecified atom stereocenters. The van der Waals surface area contributed by atoms with Crippen LogP contribution in [0.3, 0.4) is 0 Å². The Morgan fingerprint density at radius 2 is 1.97 bits per heavy atom. The summed E-state index contributed by atoms with van der Waals surface area (Å²) >= 11 is 0. The predicted molar refractivity (Wildman–Crippen MR) is 134 cm³/mol. The predicted octanol–water partition coefficient (Wildman–Crippen LogP) is 6.03. The summed E-state index contributed by atoms with van der Waals surface area (Å²) in [5.74, 6) is 0. The van der Waals surface area contributed by atoms with Crippen molar-refractivity contribution in [3.05, 3.63) is 95.2 Å². The van der Waals surface area contributed by atoms with Crippen LogP contribution in [0.1, 0.15) is 49.6 Å². The number of carbonyl (C=O) groups is 1. The number of nitrogens with zero attached hydrogens (tertiary/aromatic N) is 4. The summed E-state index contributed by atoms with van der Waals surface area (Å²) in [4.78, 5) is 21.5. The molecule has 3 aromatic heterocycles. The Morgan fingerprint density at radius 1 is 1.15 bits per heavy atom. The molecule has 0 aliphatic carbocycles. The maximum atomic E-state index is 12.7. The van der Waals surface area contributed by atoms with Crippen molar-refractivity contribution in [3.8, 4) is 11.3 Å². The van der Waals surface area contributed by atoms with Gasteiger partial charge in [-0.1, -0.05) is 42.9 Å².